The van der Waals surface area contributed by atoms with E-state index in [2.05, 4.69) is 5.32 Å². The van der Waals surface area contributed by atoms with Crippen molar-refractivity contribution in [2.75, 3.05) is 0 Å². The molecule has 1 amide bonds. The van der Waals surface area contributed by atoms with Crippen molar-refractivity contribution in [1.29, 1.82) is 0 Å². The van der Waals surface area contributed by atoms with Crippen LogP contribution in [0.2, 0.25) is 0 Å². The molecule has 7 heteroatoms. The first kappa shape index (κ1) is 25.4. The van der Waals surface area contributed by atoms with Crippen LogP contribution in [0.5, 0.6) is 11.5 Å². The van der Waals surface area contributed by atoms with Crippen molar-refractivity contribution < 1.29 is 28.6 Å². The maximum atomic E-state index is 14.0. The SMILES string of the molecule is O=C(N[C@@H](Cc1ccc(OCc2ccccc2)c(OCc2ccccc2)c1)C(=O)O)c1ccccc1F. The van der Waals surface area contributed by atoms with Crippen molar-refractivity contribution in [3.05, 3.63) is 131 Å². The number of carboxylic acids is 1. The van der Waals surface area contributed by atoms with E-state index < -0.39 is 23.7 Å². The first-order chi connectivity index (χ1) is 18.0. The number of ether oxygens (including phenoxy) is 2. The third kappa shape index (κ3) is 7.18. The average molecular weight is 500 g/mol. The lowest BCUT2D eigenvalue weighted by molar-refractivity contribution is -0.139. The normalized spacial score (nSPS) is 11.4. The van der Waals surface area contributed by atoms with Gasteiger partial charge in [0.1, 0.15) is 25.1 Å². The quantitative estimate of drug-likeness (QED) is 0.288. The highest BCUT2D eigenvalue weighted by Gasteiger charge is 2.23. The van der Waals surface area contributed by atoms with Gasteiger partial charge >= 0.3 is 5.97 Å². The van der Waals surface area contributed by atoms with Gasteiger partial charge in [0, 0.05) is 6.42 Å². The highest BCUT2D eigenvalue weighted by Crippen LogP contribution is 2.30. The molecule has 4 aromatic rings. The van der Waals surface area contributed by atoms with Gasteiger partial charge in [0.25, 0.3) is 5.91 Å². The molecule has 6 nitrogen and oxygen atoms in total. The summed E-state index contributed by atoms with van der Waals surface area (Å²) in [5.74, 6) is -1.80. The first-order valence-corrected chi connectivity index (χ1v) is 11.7. The van der Waals surface area contributed by atoms with Crippen molar-refractivity contribution in [1.82, 2.24) is 5.32 Å². The lowest BCUT2D eigenvalue weighted by atomic mass is 10.0. The maximum absolute atomic E-state index is 14.0. The van der Waals surface area contributed by atoms with Crippen LogP contribution in [0.15, 0.2) is 103 Å². The van der Waals surface area contributed by atoms with Crippen LogP contribution in [0.25, 0.3) is 0 Å². The van der Waals surface area contributed by atoms with Gasteiger partial charge in [-0.3, -0.25) is 4.79 Å². The number of carbonyl (C=O) groups excluding carboxylic acids is 1. The van der Waals surface area contributed by atoms with E-state index in [1.807, 2.05) is 60.7 Å². The monoisotopic (exact) mass is 499 g/mol. The van der Waals surface area contributed by atoms with Gasteiger partial charge in [-0.15, -0.1) is 0 Å². The van der Waals surface area contributed by atoms with E-state index in [0.29, 0.717) is 30.3 Å². The molecule has 1 atom stereocenters. The van der Waals surface area contributed by atoms with E-state index in [-0.39, 0.29) is 12.0 Å². The second-order valence-electron chi connectivity index (χ2n) is 8.38. The highest BCUT2D eigenvalue weighted by molar-refractivity contribution is 5.96. The number of hydrogen-bond acceptors (Lipinski definition) is 4. The summed E-state index contributed by atoms with van der Waals surface area (Å²) in [5.41, 5.74) is 2.34. The first-order valence-electron chi connectivity index (χ1n) is 11.7. The van der Waals surface area contributed by atoms with Crippen LogP contribution >= 0.6 is 0 Å². The van der Waals surface area contributed by atoms with Crippen molar-refractivity contribution in [3.63, 3.8) is 0 Å². The molecular weight excluding hydrogens is 473 g/mol. The van der Waals surface area contributed by atoms with Gasteiger partial charge < -0.3 is 19.9 Å². The fraction of sp³-hybridized carbons (Fsp3) is 0.133. The van der Waals surface area contributed by atoms with Crippen molar-refractivity contribution in [2.24, 2.45) is 0 Å². The van der Waals surface area contributed by atoms with E-state index >= 15 is 0 Å². The molecule has 0 spiro atoms. The zero-order chi connectivity index (χ0) is 26.0. The van der Waals surface area contributed by atoms with Crippen molar-refractivity contribution in [2.45, 2.75) is 25.7 Å². The number of carboxylic acid groups (broad SMARTS) is 1. The molecule has 0 saturated heterocycles. The van der Waals surface area contributed by atoms with E-state index in [0.717, 1.165) is 17.2 Å². The molecule has 2 N–H and O–H groups in total. The van der Waals surface area contributed by atoms with Crippen molar-refractivity contribution >= 4 is 11.9 Å². The number of halogens is 1. The molecule has 0 fully saturated rings. The average Bonchev–Trinajstić information content (AvgIpc) is 2.92. The number of nitrogens with one attached hydrogen (secondary N) is 1. The van der Waals surface area contributed by atoms with Gasteiger partial charge in [0.2, 0.25) is 0 Å². The van der Waals surface area contributed by atoms with Gasteiger partial charge in [0.05, 0.1) is 5.56 Å². The third-order valence-electron chi connectivity index (χ3n) is 5.64. The van der Waals surface area contributed by atoms with Crippen LogP contribution in [0.1, 0.15) is 27.0 Å². The molecule has 0 unspecified atom stereocenters. The van der Waals surface area contributed by atoms with Gasteiger partial charge in [-0.1, -0.05) is 78.9 Å². The predicted octanol–water partition coefficient (Wildman–Crippen LogP) is 5.41. The minimum atomic E-state index is -1.27. The number of benzene rings is 4. The Kier molecular flexibility index (Phi) is 8.49. The Balaban J connectivity index is 1.52. The lowest BCUT2D eigenvalue weighted by Crippen LogP contribution is -2.42. The number of hydrogen-bond donors (Lipinski definition) is 2. The zero-order valence-electron chi connectivity index (χ0n) is 20.0. The minimum Gasteiger partial charge on any atom is -0.485 e. The fourth-order valence-electron chi connectivity index (χ4n) is 3.70. The molecule has 0 aliphatic rings. The Morgan fingerprint density at radius 1 is 0.730 bits per heavy atom. The fourth-order valence-corrected chi connectivity index (χ4v) is 3.70. The van der Waals surface area contributed by atoms with E-state index in [1.54, 1.807) is 18.2 Å². The topological polar surface area (TPSA) is 84.9 Å². The Morgan fingerprint density at radius 2 is 1.30 bits per heavy atom. The molecule has 0 aliphatic carbocycles. The third-order valence-corrected chi connectivity index (χ3v) is 5.64. The summed E-state index contributed by atoms with van der Waals surface area (Å²) in [6, 6.07) is 28.6. The number of rotatable bonds is 11. The Labute approximate surface area is 214 Å². The second kappa shape index (κ2) is 12.4. The molecule has 37 heavy (non-hydrogen) atoms. The second-order valence-corrected chi connectivity index (χ2v) is 8.38. The molecule has 4 rings (SSSR count). The van der Waals surface area contributed by atoms with Crippen LogP contribution in [-0.4, -0.2) is 23.0 Å². The van der Waals surface area contributed by atoms with Crippen LogP contribution in [0, 0.1) is 5.82 Å². The van der Waals surface area contributed by atoms with Gasteiger partial charge in [0.15, 0.2) is 11.5 Å². The maximum Gasteiger partial charge on any atom is 0.326 e. The van der Waals surface area contributed by atoms with Gasteiger partial charge in [-0.05, 0) is 41.0 Å². The number of aliphatic carboxylic acids is 1. The van der Waals surface area contributed by atoms with Crippen LogP contribution in [0.4, 0.5) is 4.39 Å². The largest absolute Gasteiger partial charge is 0.485 e. The molecule has 0 aliphatic heterocycles. The smallest absolute Gasteiger partial charge is 0.326 e. The predicted molar refractivity (Wildman–Crippen MR) is 137 cm³/mol. The molecule has 4 aromatic carbocycles. The van der Waals surface area contributed by atoms with E-state index in [1.165, 1.54) is 18.2 Å². The zero-order valence-corrected chi connectivity index (χ0v) is 20.0. The summed E-state index contributed by atoms with van der Waals surface area (Å²) < 4.78 is 26.1. The summed E-state index contributed by atoms with van der Waals surface area (Å²) in [6.07, 6.45) is -0.0316. The molecule has 0 radical (unpaired) electrons. The van der Waals surface area contributed by atoms with Gasteiger partial charge in [-0.2, -0.15) is 0 Å². The summed E-state index contributed by atoms with van der Waals surface area (Å²) in [7, 11) is 0. The standard InChI is InChI=1S/C30H26FNO5/c31-25-14-8-7-13-24(25)29(33)32-26(30(34)35)17-23-15-16-27(36-19-21-9-3-1-4-10-21)28(18-23)37-20-22-11-5-2-6-12-22/h1-16,18,26H,17,19-20H2,(H,32,33)(H,34,35)/t26-/m0/s1. The van der Waals surface area contributed by atoms with Crippen LogP contribution in [0.3, 0.4) is 0 Å². The molecule has 188 valence electrons. The highest BCUT2D eigenvalue weighted by atomic mass is 19.1. The number of carbonyl (C=O) groups is 2. The van der Waals surface area contributed by atoms with E-state index in [4.69, 9.17) is 9.47 Å². The summed E-state index contributed by atoms with van der Waals surface area (Å²) in [5, 5.41) is 12.1. The summed E-state index contributed by atoms with van der Waals surface area (Å²) in [4.78, 5) is 24.4. The van der Waals surface area contributed by atoms with Gasteiger partial charge in [-0.25, -0.2) is 9.18 Å². The molecule has 0 bridgehead atoms. The lowest BCUT2D eigenvalue weighted by Gasteiger charge is -2.18. The Bertz CT molecular complexity index is 1340. The van der Waals surface area contributed by atoms with Crippen LogP contribution in [-0.2, 0) is 24.4 Å². The Hall–Kier alpha value is -4.65. The number of amides is 1. The molecule has 0 aromatic heterocycles. The molecular formula is C30H26FNO5. The van der Waals surface area contributed by atoms with Crippen molar-refractivity contribution in [3.8, 4) is 11.5 Å². The molecule has 0 heterocycles. The summed E-state index contributed by atoms with van der Waals surface area (Å²) in [6.45, 7) is 0.622. The molecule has 0 saturated carbocycles. The van der Waals surface area contributed by atoms with Crippen LogP contribution < -0.4 is 14.8 Å². The minimum absolute atomic E-state index is 0.0316. The summed E-state index contributed by atoms with van der Waals surface area (Å²) >= 11 is 0. The Morgan fingerprint density at radius 3 is 1.89 bits per heavy atom. The van der Waals surface area contributed by atoms with E-state index in [9.17, 15) is 19.1 Å².